The van der Waals surface area contributed by atoms with Crippen LogP contribution in [-0.4, -0.2) is 29.1 Å². The van der Waals surface area contributed by atoms with Crippen molar-refractivity contribution in [1.29, 1.82) is 0 Å². The van der Waals surface area contributed by atoms with E-state index in [1.165, 1.54) is 0 Å². The van der Waals surface area contributed by atoms with Crippen molar-refractivity contribution in [1.82, 2.24) is 4.98 Å². The number of ether oxygens (including phenoxy) is 2. The van der Waals surface area contributed by atoms with Gasteiger partial charge in [-0.15, -0.1) is 0 Å². The number of fused-ring (bicyclic) bond motifs is 9. The fraction of sp³-hybridized carbons (Fsp3) is 0.125. The number of hydrogen-bond acceptors (Lipinski definition) is 6. The van der Waals surface area contributed by atoms with Gasteiger partial charge in [-0.2, -0.15) is 0 Å². The lowest BCUT2D eigenvalue weighted by molar-refractivity contribution is 0.143. The smallest absolute Gasteiger partial charge is 0.153 e. The summed E-state index contributed by atoms with van der Waals surface area (Å²) in [4.78, 5) is 14.2. The fourth-order valence-electron chi connectivity index (χ4n) is 7.33. The molecule has 0 bridgehead atoms. The molecular formula is C40H27N3O3. The average molecular weight is 598 g/mol. The Morgan fingerprint density at radius 2 is 1.41 bits per heavy atom. The molecule has 10 rings (SSSR count). The van der Waals surface area contributed by atoms with Gasteiger partial charge in [0.15, 0.2) is 11.2 Å². The van der Waals surface area contributed by atoms with Crippen LogP contribution in [0, 0.1) is 0 Å². The van der Waals surface area contributed by atoms with Crippen LogP contribution >= 0.6 is 0 Å². The van der Waals surface area contributed by atoms with E-state index in [4.69, 9.17) is 23.9 Å². The molecule has 0 aliphatic carbocycles. The van der Waals surface area contributed by atoms with E-state index in [9.17, 15) is 0 Å². The van der Waals surface area contributed by atoms with Gasteiger partial charge in [-0.1, -0.05) is 18.2 Å². The third-order valence-corrected chi connectivity index (χ3v) is 9.62. The van der Waals surface area contributed by atoms with Crippen LogP contribution in [0.25, 0.3) is 55.4 Å². The predicted molar refractivity (Wildman–Crippen MR) is 182 cm³/mol. The standard InChI is InChI=1S/C40H27N3O3/c1-40-13-4-16-43-39(40)31-22-25(9-12-34(31)46-40)28-18-26(23-7-10-32-29(20-23)37-35(44-32)5-2-14-41-37)17-27(19-28)24-8-11-33-30(21-24)38-36(45-33)6-3-15-42-38/h2-22,35,37,39H,1H3. The number of benzene rings is 4. The molecule has 2 aromatic heterocycles. The molecule has 4 aliphatic rings. The van der Waals surface area contributed by atoms with E-state index in [0.717, 1.165) is 78.1 Å². The molecule has 6 heterocycles. The summed E-state index contributed by atoms with van der Waals surface area (Å²) in [7, 11) is 0. The van der Waals surface area contributed by atoms with Gasteiger partial charge >= 0.3 is 0 Å². The number of furan rings is 1. The lowest BCUT2D eigenvalue weighted by Crippen LogP contribution is -2.32. The Bertz CT molecular complexity index is 2380. The van der Waals surface area contributed by atoms with Crippen molar-refractivity contribution < 1.29 is 13.9 Å². The molecule has 4 aromatic carbocycles. The van der Waals surface area contributed by atoms with Gasteiger partial charge in [0.05, 0.1) is 0 Å². The Balaban J connectivity index is 1.14. The van der Waals surface area contributed by atoms with Crippen LogP contribution in [0.4, 0.5) is 0 Å². The van der Waals surface area contributed by atoms with Gasteiger partial charge < -0.3 is 13.9 Å². The second-order valence-electron chi connectivity index (χ2n) is 12.5. The second kappa shape index (κ2) is 9.38. The summed E-state index contributed by atoms with van der Waals surface area (Å²) < 4.78 is 18.7. The van der Waals surface area contributed by atoms with Crippen LogP contribution in [0.3, 0.4) is 0 Å². The maximum atomic E-state index is 6.39. The van der Waals surface area contributed by atoms with Gasteiger partial charge in [-0.05, 0) is 131 Å². The fourth-order valence-corrected chi connectivity index (χ4v) is 7.33. The van der Waals surface area contributed by atoms with Crippen molar-refractivity contribution >= 4 is 34.5 Å². The molecule has 6 aromatic rings. The molecule has 0 radical (unpaired) electrons. The maximum Gasteiger partial charge on any atom is 0.153 e. The molecule has 0 fully saturated rings. The van der Waals surface area contributed by atoms with E-state index in [1.54, 1.807) is 0 Å². The first kappa shape index (κ1) is 25.6. The molecule has 0 saturated heterocycles. The molecule has 46 heavy (non-hydrogen) atoms. The highest BCUT2D eigenvalue weighted by Gasteiger charge is 2.44. The minimum Gasteiger partial charge on any atom is -0.483 e. The minimum absolute atomic E-state index is 0.0250. The number of pyridine rings is 1. The first-order valence-corrected chi connectivity index (χ1v) is 15.6. The summed E-state index contributed by atoms with van der Waals surface area (Å²) in [5.74, 6) is 1.78. The van der Waals surface area contributed by atoms with E-state index < -0.39 is 5.60 Å². The number of dihydropyridines is 2. The number of nitrogens with zero attached hydrogens (tertiary/aromatic N) is 3. The zero-order valence-corrected chi connectivity index (χ0v) is 24.9. The summed E-state index contributed by atoms with van der Waals surface area (Å²) in [5.41, 5.74) is 10.9. The summed E-state index contributed by atoms with van der Waals surface area (Å²) in [6, 6.07) is 29.9. The van der Waals surface area contributed by atoms with Gasteiger partial charge in [0.2, 0.25) is 0 Å². The van der Waals surface area contributed by atoms with Crippen LogP contribution in [-0.2, 0) is 0 Å². The predicted octanol–water partition coefficient (Wildman–Crippen LogP) is 9.26. The number of rotatable bonds is 3. The van der Waals surface area contributed by atoms with Gasteiger partial charge in [0.25, 0.3) is 0 Å². The molecule has 0 amide bonds. The zero-order valence-electron chi connectivity index (χ0n) is 24.9. The van der Waals surface area contributed by atoms with Gasteiger partial charge in [-0.25, -0.2) is 0 Å². The van der Waals surface area contributed by atoms with Gasteiger partial charge in [0, 0.05) is 35.1 Å². The molecule has 4 aliphatic heterocycles. The molecular weight excluding hydrogens is 570 g/mol. The first-order valence-electron chi connectivity index (χ1n) is 15.6. The first-order chi connectivity index (χ1) is 22.6. The maximum absolute atomic E-state index is 6.39. The average Bonchev–Trinajstić information content (AvgIpc) is 3.75. The Labute approximate surface area is 265 Å². The van der Waals surface area contributed by atoms with Crippen LogP contribution in [0.15, 0.2) is 130 Å². The second-order valence-corrected chi connectivity index (χ2v) is 12.5. The third kappa shape index (κ3) is 3.80. The monoisotopic (exact) mass is 597 g/mol. The topological polar surface area (TPSA) is 69.2 Å². The summed E-state index contributed by atoms with van der Waals surface area (Å²) in [5, 5.41) is 1.00. The summed E-state index contributed by atoms with van der Waals surface area (Å²) in [6.45, 7) is 2.10. The van der Waals surface area contributed by atoms with Crippen LogP contribution < -0.4 is 9.47 Å². The van der Waals surface area contributed by atoms with E-state index in [-0.39, 0.29) is 18.2 Å². The molecule has 6 heteroatoms. The third-order valence-electron chi connectivity index (χ3n) is 9.62. The quantitative estimate of drug-likeness (QED) is 0.204. The Morgan fingerprint density at radius 1 is 0.674 bits per heavy atom. The highest BCUT2D eigenvalue weighted by molar-refractivity contribution is 6.04. The van der Waals surface area contributed by atoms with Crippen LogP contribution in [0.1, 0.15) is 30.1 Å². The van der Waals surface area contributed by atoms with Crippen molar-refractivity contribution in [3.63, 3.8) is 0 Å². The zero-order chi connectivity index (χ0) is 30.4. The molecule has 220 valence electrons. The van der Waals surface area contributed by atoms with Crippen molar-refractivity contribution in [3.05, 3.63) is 127 Å². The van der Waals surface area contributed by atoms with Gasteiger partial charge in [-0.3, -0.25) is 15.0 Å². The van der Waals surface area contributed by atoms with Crippen molar-refractivity contribution in [2.75, 3.05) is 0 Å². The number of aliphatic imine (C=N–C) groups is 2. The molecule has 4 unspecified atom stereocenters. The lowest BCUT2D eigenvalue weighted by Gasteiger charge is -2.26. The van der Waals surface area contributed by atoms with Crippen molar-refractivity contribution in [2.24, 2.45) is 9.98 Å². The molecule has 6 nitrogen and oxygen atoms in total. The summed E-state index contributed by atoms with van der Waals surface area (Å²) >= 11 is 0. The van der Waals surface area contributed by atoms with Crippen LogP contribution in [0.5, 0.6) is 11.5 Å². The van der Waals surface area contributed by atoms with E-state index in [1.807, 2.05) is 49.0 Å². The minimum atomic E-state index is -0.472. The Kier molecular flexibility index (Phi) is 5.21. The normalized spacial score (nSPS) is 23.2. The highest BCUT2D eigenvalue weighted by Crippen LogP contribution is 2.49. The van der Waals surface area contributed by atoms with Crippen molar-refractivity contribution in [3.8, 4) is 44.9 Å². The number of aromatic nitrogens is 1. The number of allylic oxidation sites excluding steroid dienone is 2. The van der Waals surface area contributed by atoms with E-state index in [0.29, 0.717) is 0 Å². The molecule has 0 saturated carbocycles. The van der Waals surface area contributed by atoms with Gasteiger partial charge in [0.1, 0.15) is 40.8 Å². The van der Waals surface area contributed by atoms with E-state index >= 15 is 0 Å². The lowest BCUT2D eigenvalue weighted by atomic mass is 9.88. The summed E-state index contributed by atoms with van der Waals surface area (Å²) in [6.07, 6.45) is 13.6. The SMILES string of the molecule is CC12C=CC=NC1c1cc(-c3cc(-c4ccc5c(c4)C4N=CC=CC4O5)cc(-c4ccc5oc6cccnc6c5c4)c3)ccc1O2. The number of hydrogen-bond donors (Lipinski definition) is 0. The van der Waals surface area contributed by atoms with Crippen molar-refractivity contribution in [2.45, 2.75) is 30.7 Å². The highest BCUT2D eigenvalue weighted by atomic mass is 16.5. The Hall–Kier alpha value is -5.75. The molecule has 0 N–H and O–H groups in total. The van der Waals surface area contributed by atoms with E-state index in [2.05, 4.69) is 90.8 Å². The molecule has 4 atom stereocenters. The largest absolute Gasteiger partial charge is 0.483 e. The Morgan fingerprint density at radius 3 is 2.26 bits per heavy atom. The van der Waals surface area contributed by atoms with Crippen LogP contribution in [0.2, 0.25) is 0 Å². The molecule has 0 spiro atoms.